The topological polar surface area (TPSA) is 56.0 Å². The van der Waals surface area contributed by atoms with E-state index in [4.69, 9.17) is 0 Å². The van der Waals surface area contributed by atoms with Crippen molar-refractivity contribution in [2.24, 2.45) is 0 Å². The fourth-order valence-electron chi connectivity index (χ4n) is 1.16. The number of nitro groups is 1. The number of hydrogen-bond acceptors (Lipinski definition) is 4. The van der Waals surface area contributed by atoms with E-state index in [9.17, 15) is 10.1 Å². The van der Waals surface area contributed by atoms with E-state index in [1.165, 1.54) is 12.3 Å². The number of rotatable bonds is 3. The molecule has 16 heavy (non-hydrogen) atoms. The van der Waals surface area contributed by atoms with Gasteiger partial charge in [-0.3, -0.25) is 10.1 Å². The lowest BCUT2D eigenvalue weighted by Crippen LogP contribution is -1.89. The van der Waals surface area contributed by atoms with Crippen LogP contribution < -0.4 is 0 Å². The number of thiophene rings is 1. The van der Waals surface area contributed by atoms with Crippen LogP contribution in [-0.2, 0) is 0 Å². The van der Waals surface area contributed by atoms with Crippen molar-refractivity contribution >= 4 is 29.2 Å². The number of pyridine rings is 1. The third kappa shape index (κ3) is 2.52. The van der Waals surface area contributed by atoms with Crippen molar-refractivity contribution in [3.63, 3.8) is 0 Å². The molecule has 0 unspecified atom stereocenters. The Kier molecular flexibility index (Phi) is 3.07. The summed E-state index contributed by atoms with van der Waals surface area (Å²) in [5, 5.41) is 12.4. The van der Waals surface area contributed by atoms with E-state index in [0.29, 0.717) is 5.69 Å². The van der Waals surface area contributed by atoms with Gasteiger partial charge in [-0.1, -0.05) is 6.07 Å². The fraction of sp³-hybridized carbons (Fsp3) is 0. The molecule has 0 fully saturated rings. The van der Waals surface area contributed by atoms with Crippen molar-refractivity contribution in [2.45, 2.75) is 0 Å². The summed E-state index contributed by atoms with van der Waals surface area (Å²) in [6, 6.07) is 7.03. The zero-order chi connectivity index (χ0) is 11.4. The Morgan fingerprint density at radius 2 is 2.19 bits per heavy atom. The lowest BCUT2D eigenvalue weighted by atomic mass is 10.3. The second-order valence-electron chi connectivity index (χ2n) is 3.05. The fourth-order valence-corrected chi connectivity index (χ4v) is 1.78. The number of nitrogens with zero attached hydrogens (tertiary/aromatic N) is 2. The average molecular weight is 232 g/mol. The number of hydrogen-bond donors (Lipinski definition) is 0. The van der Waals surface area contributed by atoms with Crippen LogP contribution in [0.5, 0.6) is 0 Å². The zero-order valence-corrected chi connectivity index (χ0v) is 9.05. The molecular weight excluding hydrogens is 224 g/mol. The van der Waals surface area contributed by atoms with Crippen LogP contribution in [0.25, 0.3) is 12.2 Å². The molecule has 0 saturated heterocycles. The van der Waals surface area contributed by atoms with E-state index in [2.05, 4.69) is 4.98 Å². The minimum Gasteiger partial charge on any atom is -0.258 e. The van der Waals surface area contributed by atoms with E-state index >= 15 is 0 Å². The third-order valence-electron chi connectivity index (χ3n) is 1.94. The van der Waals surface area contributed by atoms with Crippen molar-refractivity contribution in [1.29, 1.82) is 0 Å². The zero-order valence-electron chi connectivity index (χ0n) is 8.24. The lowest BCUT2D eigenvalue weighted by Gasteiger charge is -1.92. The minimum atomic E-state index is -0.459. The van der Waals surface area contributed by atoms with Crippen LogP contribution in [0.3, 0.4) is 0 Å². The molecule has 2 aromatic rings. The smallest absolute Gasteiger partial charge is 0.258 e. The Balaban J connectivity index is 2.14. The molecule has 0 aromatic carbocycles. The standard InChI is InChI=1S/C11H8N2O2S/c14-13(15)10-5-3-9(12-8-10)4-6-11-2-1-7-16-11/h1-8H. The van der Waals surface area contributed by atoms with Crippen molar-refractivity contribution in [3.05, 3.63) is 56.5 Å². The van der Waals surface area contributed by atoms with E-state index in [-0.39, 0.29) is 5.69 Å². The molecule has 0 aliphatic rings. The van der Waals surface area contributed by atoms with Crippen LogP contribution in [-0.4, -0.2) is 9.91 Å². The van der Waals surface area contributed by atoms with Crippen molar-refractivity contribution in [3.8, 4) is 0 Å². The number of aromatic nitrogens is 1. The summed E-state index contributed by atoms with van der Waals surface area (Å²) in [4.78, 5) is 15.0. The molecule has 0 bridgehead atoms. The first kappa shape index (κ1) is 10.5. The molecule has 0 atom stereocenters. The van der Waals surface area contributed by atoms with Crippen molar-refractivity contribution in [2.75, 3.05) is 0 Å². The summed E-state index contributed by atoms with van der Waals surface area (Å²) in [5.41, 5.74) is 0.715. The van der Waals surface area contributed by atoms with E-state index in [1.54, 1.807) is 17.4 Å². The first-order chi connectivity index (χ1) is 7.75. The molecule has 0 amide bonds. The van der Waals surface area contributed by atoms with Crippen molar-refractivity contribution in [1.82, 2.24) is 4.98 Å². The van der Waals surface area contributed by atoms with Gasteiger partial charge in [-0.25, -0.2) is 4.98 Å². The lowest BCUT2D eigenvalue weighted by molar-refractivity contribution is -0.385. The summed E-state index contributed by atoms with van der Waals surface area (Å²) in [5.74, 6) is 0. The van der Waals surface area contributed by atoms with E-state index in [1.807, 2.05) is 29.7 Å². The highest BCUT2D eigenvalue weighted by molar-refractivity contribution is 7.10. The minimum absolute atomic E-state index is 0.00766. The maximum atomic E-state index is 10.4. The van der Waals surface area contributed by atoms with Gasteiger partial charge in [-0.05, 0) is 29.7 Å². The molecule has 2 rings (SSSR count). The van der Waals surface area contributed by atoms with Gasteiger partial charge >= 0.3 is 0 Å². The monoisotopic (exact) mass is 232 g/mol. The van der Waals surface area contributed by atoms with Crippen LogP contribution in [0.2, 0.25) is 0 Å². The van der Waals surface area contributed by atoms with Crippen LogP contribution in [0.15, 0.2) is 35.8 Å². The van der Waals surface area contributed by atoms with Gasteiger partial charge in [0.2, 0.25) is 0 Å². The normalized spacial score (nSPS) is 10.8. The molecule has 2 aromatic heterocycles. The average Bonchev–Trinajstić information content (AvgIpc) is 2.80. The maximum absolute atomic E-state index is 10.4. The van der Waals surface area contributed by atoms with E-state index < -0.39 is 4.92 Å². The highest BCUT2D eigenvalue weighted by atomic mass is 32.1. The Bertz CT molecular complexity index is 503. The van der Waals surface area contributed by atoms with Gasteiger partial charge in [-0.2, -0.15) is 0 Å². The molecule has 0 aliphatic heterocycles. The Hall–Kier alpha value is -2.01. The van der Waals surface area contributed by atoms with Gasteiger partial charge in [0.25, 0.3) is 5.69 Å². The molecule has 0 spiro atoms. The van der Waals surface area contributed by atoms with Gasteiger partial charge in [0.15, 0.2) is 0 Å². The van der Waals surface area contributed by atoms with Crippen LogP contribution >= 0.6 is 11.3 Å². The highest BCUT2D eigenvalue weighted by Crippen LogP contribution is 2.14. The molecule has 2 heterocycles. The summed E-state index contributed by atoms with van der Waals surface area (Å²) < 4.78 is 0. The van der Waals surface area contributed by atoms with Gasteiger partial charge in [0, 0.05) is 10.9 Å². The molecule has 4 nitrogen and oxygen atoms in total. The van der Waals surface area contributed by atoms with Crippen LogP contribution in [0.1, 0.15) is 10.6 Å². The Morgan fingerprint density at radius 1 is 1.31 bits per heavy atom. The Labute approximate surface area is 96.0 Å². The van der Waals surface area contributed by atoms with E-state index in [0.717, 1.165) is 4.88 Å². The predicted octanol–water partition coefficient (Wildman–Crippen LogP) is 3.22. The molecule has 0 saturated carbocycles. The summed E-state index contributed by atoms with van der Waals surface area (Å²) in [6.07, 6.45) is 5.02. The van der Waals surface area contributed by atoms with Gasteiger partial charge in [0.1, 0.15) is 6.20 Å². The quantitative estimate of drug-likeness (QED) is 0.603. The van der Waals surface area contributed by atoms with Gasteiger partial charge < -0.3 is 0 Å². The molecule has 0 N–H and O–H groups in total. The van der Waals surface area contributed by atoms with Crippen molar-refractivity contribution < 1.29 is 4.92 Å². The summed E-state index contributed by atoms with van der Waals surface area (Å²) in [6.45, 7) is 0. The second kappa shape index (κ2) is 4.67. The first-order valence-corrected chi connectivity index (χ1v) is 5.46. The maximum Gasteiger partial charge on any atom is 0.287 e. The van der Waals surface area contributed by atoms with Gasteiger partial charge in [0.05, 0.1) is 10.6 Å². The summed E-state index contributed by atoms with van der Waals surface area (Å²) in [7, 11) is 0. The molecule has 5 heteroatoms. The Morgan fingerprint density at radius 3 is 2.75 bits per heavy atom. The first-order valence-electron chi connectivity index (χ1n) is 4.58. The van der Waals surface area contributed by atoms with Crippen LogP contribution in [0, 0.1) is 10.1 Å². The largest absolute Gasteiger partial charge is 0.287 e. The second-order valence-corrected chi connectivity index (χ2v) is 4.03. The molecule has 0 radical (unpaired) electrons. The molecule has 80 valence electrons. The molecular formula is C11H8N2O2S. The summed E-state index contributed by atoms with van der Waals surface area (Å²) >= 11 is 1.63. The van der Waals surface area contributed by atoms with Crippen LogP contribution in [0.4, 0.5) is 5.69 Å². The third-order valence-corrected chi connectivity index (χ3v) is 2.78. The highest BCUT2D eigenvalue weighted by Gasteiger charge is 2.03. The van der Waals surface area contributed by atoms with Gasteiger partial charge in [-0.15, -0.1) is 11.3 Å². The molecule has 0 aliphatic carbocycles. The SMILES string of the molecule is O=[N+]([O-])c1ccc(C=Cc2cccs2)nc1. The predicted molar refractivity (Wildman–Crippen MR) is 64.1 cm³/mol.